The molecule has 2 amide bonds. The molecular weight excluding hydrogens is 368 g/mol. The number of amides is 2. The van der Waals surface area contributed by atoms with Gasteiger partial charge in [-0.15, -0.1) is 0 Å². The number of benzene rings is 2. The molecule has 1 aliphatic carbocycles. The van der Waals surface area contributed by atoms with Crippen molar-refractivity contribution in [1.29, 1.82) is 0 Å². The molecule has 1 aliphatic rings. The van der Waals surface area contributed by atoms with Crippen LogP contribution in [0.5, 0.6) is 0 Å². The standard InChI is InChI=1S/C23H28N2O4/c26-21(12-16-6-2-1-3-7-16)24-15-22(27)25-20(14-23(28)29)19-11-10-17-8-4-5-9-18(17)13-19/h4-5,8-11,13,16,20H,1-3,6-7,12,14-15H2,(H,24,26)(H,25,27)(H,28,29)/t20-/m0/s1. The zero-order valence-corrected chi connectivity index (χ0v) is 16.5. The molecule has 2 aromatic rings. The molecular formula is C23H28N2O4. The summed E-state index contributed by atoms with van der Waals surface area (Å²) in [5, 5.41) is 16.7. The molecule has 1 atom stereocenters. The van der Waals surface area contributed by atoms with Crippen molar-refractivity contribution in [1.82, 2.24) is 10.6 Å². The van der Waals surface area contributed by atoms with Gasteiger partial charge in [0, 0.05) is 6.42 Å². The summed E-state index contributed by atoms with van der Waals surface area (Å²) in [6, 6.07) is 12.8. The average molecular weight is 396 g/mol. The van der Waals surface area contributed by atoms with E-state index in [0.717, 1.165) is 29.2 Å². The highest BCUT2D eigenvalue weighted by Gasteiger charge is 2.20. The second-order valence-corrected chi connectivity index (χ2v) is 7.81. The number of carboxylic acids is 1. The molecule has 0 spiro atoms. The zero-order chi connectivity index (χ0) is 20.6. The summed E-state index contributed by atoms with van der Waals surface area (Å²) in [6.07, 6.45) is 5.95. The summed E-state index contributed by atoms with van der Waals surface area (Å²) in [7, 11) is 0. The van der Waals surface area contributed by atoms with E-state index in [1.54, 1.807) is 0 Å². The Bertz CT molecular complexity index is 874. The Labute approximate surface area is 170 Å². The van der Waals surface area contributed by atoms with Crippen LogP contribution in [-0.2, 0) is 14.4 Å². The molecule has 6 nitrogen and oxygen atoms in total. The van der Waals surface area contributed by atoms with Crippen molar-refractivity contribution >= 4 is 28.6 Å². The maximum atomic E-state index is 12.3. The predicted octanol–water partition coefficient (Wildman–Crippen LogP) is 3.56. The van der Waals surface area contributed by atoms with Crippen LogP contribution in [0.4, 0.5) is 0 Å². The minimum atomic E-state index is -0.996. The highest BCUT2D eigenvalue weighted by Crippen LogP contribution is 2.26. The number of rotatable bonds is 8. The first-order valence-electron chi connectivity index (χ1n) is 10.3. The second-order valence-electron chi connectivity index (χ2n) is 7.81. The van der Waals surface area contributed by atoms with Gasteiger partial charge in [0.15, 0.2) is 0 Å². The SMILES string of the molecule is O=C(O)C[C@H](NC(=O)CNC(=O)CC1CCCCC1)c1ccc2ccccc2c1. The minimum absolute atomic E-state index is 0.118. The third-order valence-electron chi connectivity index (χ3n) is 5.53. The predicted molar refractivity (Wildman–Crippen MR) is 111 cm³/mol. The number of nitrogens with one attached hydrogen (secondary N) is 2. The third kappa shape index (κ3) is 6.31. The zero-order valence-electron chi connectivity index (χ0n) is 16.5. The van der Waals surface area contributed by atoms with Crippen LogP contribution in [0.1, 0.15) is 56.6 Å². The summed E-state index contributed by atoms with van der Waals surface area (Å²) in [4.78, 5) is 35.8. The van der Waals surface area contributed by atoms with Crippen molar-refractivity contribution < 1.29 is 19.5 Å². The summed E-state index contributed by atoms with van der Waals surface area (Å²) in [6.45, 7) is -0.144. The van der Waals surface area contributed by atoms with E-state index in [2.05, 4.69) is 10.6 Å². The van der Waals surface area contributed by atoms with Gasteiger partial charge in [0.25, 0.3) is 0 Å². The molecule has 2 aromatic carbocycles. The number of aliphatic carboxylic acids is 1. The normalized spacial score (nSPS) is 15.6. The molecule has 0 aromatic heterocycles. The van der Waals surface area contributed by atoms with Gasteiger partial charge in [0.1, 0.15) is 0 Å². The lowest BCUT2D eigenvalue weighted by Crippen LogP contribution is -2.39. The fourth-order valence-electron chi connectivity index (χ4n) is 4.00. The molecule has 3 N–H and O–H groups in total. The first-order valence-corrected chi connectivity index (χ1v) is 10.3. The Morgan fingerprint density at radius 1 is 0.966 bits per heavy atom. The van der Waals surface area contributed by atoms with Gasteiger partial charge in [0.05, 0.1) is 19.0 Å². The Morgan fingerprint density at radius 2 is 1.69 bits per heavy atom. The van der Waals surface area contributed by atoms with E-state index in [9.17, 15) is 19.5 Å². The van der Waals surface area contributed by atoms with E-state index in [4.69, 9.17) is 0 Å². The van der Waals surface area contributed by atoms with Crippen LogP contribution in [0.25, 0.3) is 10.8 Å². The van der Waals surface area contributed by atoms with E-state index in [0.29, 0.717) is 12.3 Å². The largest absolute Gasteiger partial charge is 0.481 e. The van der Waals surface area contributed by atoms with E-state index in [-0.39, 0.29) is 24.8 Å². The molecule has 0 heterocycles. The lowest BCUT2D eigenvalue weighted by molar-refractivity contribution is -0.138. The molecule has 0 radical (unpaired) electrons. The van der Waals surface area contributed by atoms with Crippen molar-refractivity contribution in [3.05, 3.63) is 48.0 Å². The van der Waals surface area contributed by atoms with Gasteiger partial charge in [-0.05, 0) is 41.2 Å². The van der Waals surface area contributed by atoms with E-state index in [1.807, 2.05) is 42.5 Å². The third-order valence-corrected chi connectivity index (χ3v) is 5.53. The van der Waals surface area contributed by atoms with Gasteiger partial charge >= 0.3 is 5.97 Å². The molecule has 1 fully saturated rings. The van der Waals surface area contributed by atoms with E-state index >= 15 is 0 Å². The number of hydrogen-bond donors (Lipinski definition) is 3. The van der Waals surface area contributed by atoms with Crippen LogP contribution in [-0.4, -0.2) is 29.4 Å². The van der Waals surface area contributed by atoms with Crippen molar-refractivity contribution in [2.24, 2.45) is 5.92 Å². The highest BCUT2D eigenvalue weighted by atomic mass is 16.4. The number of carboxylic acid groups (broad SMARTS) is 1. The van der Waals surface area contributed by atoms with Crippen LogP contribution < -0.4 is 10.6 Å². The molecule has 29 heavy (non-hydrogen) atoms. The minimum Gasteiger partial charge on any atom is -0.481 e. The van der Waals surface area contributed by atoms with Crippen LogP contribution in [0.3, 0.4) is 0 Å². The topological polar surface area (TPSA) is 95.5 Å². The molecule has 0 bridgehead atoms. The van der Waals surface area contributed by atoms with Gasteiger partial charge in [-0.2, -0.15) is 0 Å². The van der Waals surface area contributed by atoms with Crippen LogP contribution in [0.2, 0.25) is 0 Å². The fourth-order valence-corrected chi connectivity index (χ4v) is 4.00. The van der Waals surface area contributed by atoms with Gasteiger partial charge in [-0.25, -0.2) is 0 Å². The van der Waals surface area contributed by atoms with Crippen molar-refractivity contribution in [2.45, 2.75) is 51.0 Å². The molecule has 0 aliphatic heterocycles. The maximum Gasteiger partial charge on any atom is 0.305 e. The monoisotopic (exact) mass is 396 g/mol. The Balaban J connectivity index is 1.57. The number of hydrogen-bond acceptors (Lipinski definition) is 3. The van der Waals surface area contributed by atoms with Crippen molar-refractivity contribution in [3.8, 4) is 0 Å². The fraction of sp³-hybridized carbons (Fsp3) is 0.435. The molecule has 0 unspecified atom stereocenters. The summed E-state index contributed by atoms with van der Waals surface area (Å²) in [5.41, 5.74) is 0.730. The van der Waals surface area contributed by atoms with Crippen molar-refractivity contribution in [2.75, 3.05) is 6.54 Å². The Morgan fingerprint density at radius 3 is 2.41 bits per heavy atom. The molecule has 1 saturated carbocycles. The lowest BCUT2D eigenvalue weighted by Gasteiger charge is -2.21. The Kier molecular flexibility index (Phi) is 7.22. The molecule has 0 saturated heterocycles. The quantitative estimate of drug-likeness (QED) is 0.636. The summed E-state index contributed by atoms with van der Waals surface area (Å²) >= 11 is 0. The smallest absolute Gasteiger partial charge is 0.305 e. The summed E-state index contributed by atoms with van der Waals surface area (Å²) < 4.78 is 0. The molecule has 6 heteroatoms. The Hall–Kier alpha value is -2.89. The lowest BCUT2D eigenvalue weighted by atomic mass is 9.87. The van der Waals surface area contributed by atoms with Crippen molar-refractivity contribution in [3.63, 3.8) is 0 Å². The van der Waals surface area contributed by atoms with Gasteiger partial charge in [0.2, 0.25) is 11.8 Å². The van der Waals surface area contributed by atoms with E-state index < -0.39 is 12.0 Å². The number of carbonyl (C=O) groups is 3. The highest BCUT2D eigenvalue weighted by molar-refractivity contribution is 5.86. The average Bonchev–Trinajstić information content (AvgIpc) is 2.72. The number of fused-ring (bicyclic) bond motifs is 1. The first kappa shape index (κ1) is 20.8. The van der Waals surface area contributed by atoms with Crippen LogP contribution >= 0.6 is 0 Å². The van der Waals surface area contributed by atoms with Crippen LogP contribution in [0.15, 0.2) is 42.5 Å². The first-order chi connectivity index (χ1) is 14.0. The summed E-state index contributed by atoms with van der Waals surface area (Å²) in [5.74, 6) is -1.09. The molecule has 154 valence electrons. The number of carbonyl (C=O) groups excluding carboxylic acids is 2. The second kappa shape index (κ2) is 10.0. The van der Waals surface area contributed by atoms with Gasteiger partial charge in [-0.3, -0.25) is 14.4 Å². The van der Waals surface area contributed by atoms with Gasteiger partial charge < -0.3 is 15.7 Å². The van der Waals surface area contributed by atoms with E-state index in [1.165, 1.54) is 19.3 Å². The molecule has 3 rings (SSSR count). The van der Waals surface area contributed by atoms with Gasteiger partial charge in [-0.1, -0.05) is 55.7 Å². The maximum absolute atomic E-state index is 12.3. The van der Waals surface area contributed by atoms with Crippen LogP contribution in [0, 0.1) is 5.92 Å².